The number of rotatable bonds is 6. The van der Waals surface area contributed by atoms with Gasteiger partial charge in [0.15, 0.2) is 0 Å². The zero-order chi connectivity index (χ0) is 19.2. The Morgan fingerprint density at radius 2 is 1.68 bits per heavy atom. The van der Waals surface area contributed by atoms with Crippen molar-refractivity contribution in [2.75, 3.05) is 32.7 Å². The Morgan fingerprint density at radius 1 is 0.929 bits per heavy atom. The molecule has 2 heterocycles. The second-order valence-electron chi connectivity index (χ2n) is 6.85. The number of benzene rings is 2. The molecule has 3 aromatic rings. The van der Waals surface area contributed by atoms with E-state index in [2.05, 4.69) is 14.5 Å². The van der Waals surface area contributed by atoms with Crippen molar-refractivity contribution in [2.45, 2.75) is 6.54 Å². The highest BCUT2D eigenvalue weighted by atomic mass is 16.5. The van der Waals surface area contributed by atoms with Crippen LogP contribution in [0.25, 0.3) is 0 Å². The summed E-state index contributed by atoms with van der Waals surface area (Å²) in [5, 5.41) is 0. The third kappa shape index (κ3) is 4.40. The number of amides is 1. The van der Waals surface area contributed by atoms with Gasteiger partial charge < -0.3 is 14.2 Å². The van der Waals surface area contributed by atoms with E-state index in [1.54, 1.807) is 6.20 Å². The number of nitrogens with zero attached hydrogens (tertiary/aromatic N) is 4. The Labute approximate surface area is 165 Å². The standard InChI is InChI=1S/C22H24N4O2/c27-22(20-8-4-5-9-21(20)28-19-6-2-1-3-7-19)26-16-14-24(15-17-26)12-13-25-11-10-23-18-25/h1-11,18H,12-17H2. The Bertz CT molecular complexity index is 888. The highest BCUT2D eigenvalue weighted by molar-refractivity contribution is 5.97. The molecule has 1 aliphatic heterocycles. The quantitative estimate of drug-likeness (QED) is 0.663. The van der Waals surface area contributed by atoms with Gasteiger partial charge in [0.25, 0.3) is 5.91 Å². The average molecular weight is 376 g/mol. The summed E-state index contributed by atoms with van der Waals surface area (Å²) < 4.78 is 8.03. The van der Waals surface area contributed by atoms with Crippen molar-refractivity contribution < 1.29 is 9.53 Å². The molecule has 0 atom stereocenters. The van der Waals surface area contributed by atoms with Gasteiger partial charge in [-0.25, -0.2) is 4.98 Å². The van der Waals surface area contributed by atoms with Gasteiger partial charge in [0.1, 0.15) is 11.5 Å². The van der Waals surface area contributed by atoms with Crippen molar-refractivity contribution in [2.24, 2.45) is 0 Å². The minimum Gasteiger partial charge on any atom is -0.457 e. The summed E-state index contributed by atoms with van der Waals surface area (Å²) in [6.07, 6.45) is 5.61. The topological polar surface area (TPSA) is 50.6 Å². The molecule has 0 unspecified atom stereocenters. The van der Waals surface area contributed by atoms with E-state index in [4.69, 9.17) is 4.74 Å². The highest BCUT2D eigenvalue weighted by Gasteiger charge is 2.24. The lowest BCUT2D eigenvalue weighted by molar-refractivity contribution is 0.0630. The van der Waals surface area contributed by atoms with Crippen LogP contribution in [0.4, 0.5) is 0 Å². The molecule has 6 heteroatoms. The van der Waals surface area contributed by atoms with Crippen LogP contribution in [0.3, 0.4) is 0 Å². The fourth-order valence-corrected chi connectivity index (χ4v) is 3.37. The van der Waals surface area contributed by atoms with Crippen molar-refractivity contribution in [3.63, 3.8) is 0 Å². The molecule has 144 valence electrons. The highest BCUT2D eigenvalue weighted by Crippen LogP contribution is 2.26. The molecule has 1 aliphatic rings. The first-order valence-electron chi connectivity index (χ1n) is 9.59. The fourth-order valence-electron chi connectivity index (χ4n) is 3.37. The molecule has 4 rings (SSSR count). The molecule has 0 saturated carbocycles. The summed E-state index contributed by atoms with van der Waals surface area (Å²) in [6, 6.07) is 17.0. The smallest absolute Gasteiger partial charge is 0.257 e. The molecule has 0 radical (unpaired) electrons. The third-order valence-corrected chi connectivity index (χ3v) is 4.98. The van der Waals surface area contributed by atoms with Gasteiger partial charge in [-0.05, 0) is 24.3 Å². The predicted molar refractivity (Wildman–Crippen MR) is 108 cm³/mol. The molecule has 1 fully saturated rings. The Balaban J connectivity index is 1.36. The molecule has 0 spiro atoms. The number of imidazole rings is 1. The molecule has 0 aliphatic carbocycles. The maximum atomic E-state index is 13.1. The average Bonchev–Trinajstić information content (AvgIpc) is 3.27. The summed E-state index contributed by atoms with van der Waals surface area (Å²) in [4.78, 5) is 21.5. The second-order valence-corrected chi connectivity index (χ2v) is 6.85. The molecule has 0 bridgehead atoms. The predicted octanol–water partition coefficient (Wildman–Crippen LogP) is 3.13. The van der Waals surface area contributed by atoms with Crippen molar-refractivity contribution in [1.29, 1.82) is 0 Å². The Morgan fingerprint density at radius 3 is 2.43 bits per heavy atom. The van der Waals surface area contributed by atoms with E-state index in [0.29, 0.717) is 11.3 Å². The molecular weight excluding hydrogens is 352 g/mol. The van der Waals surface area contributed by atoms with Crippen molar-refractivity contribution in [3.8, 4) is 11.5 Å². The summed E-state index contributed by atoms with van der Waals surface area (Å²) >= 11 is 0. The van der Waals surface area contributed by atoms with Crippen molar-refractivity contribution >= 4 is 5.91 Å². The van der Waals surface area contributed by atoms with Gasteiger partial charge in [0.05, 0.1) is 11.9 Å². The Hall–Kier alpha value is -3.12. The van der Waals surface area contributed by atoms with Crippen molar-refractivity contribution in [3.05, 3.63) is 78.9 Å². The molecule has 2 aromatic carbocycles. The number of aromatic nitrogens is 2. The van der Waals surface area contributed by atoms with Crippen LogP contribution in [0.15, 0.2) is 73.3 Å². The van der Waals surface area contributed by atoms with Gasteiger partial charge in [-0.3, -0.25) is 9.69 Å². The molecule has 1 amide bonds. The van der Waals surface area contributed by atoms with E-state index < -0.39 is 0 Å². The fraction of sp³-hybridized carbons (Fsp3) is 0.273. The van der Waals surface area contributed by atoms with Crippen molar-refractivity contribution in [1.82, 2.24) is 19.4 Å². The third-order valence-electron chi connectivity index (χ3n) is 4.98. The first-order chi connectivity index (χ1) is 13.8. The van der Waals surface area contributed by atoms with Crippen LogP contribution in [0.5, 0.6) is 11.5 Å². The molecule has 1 aromatic heterocycles. The maximum absolute atomic E-state index is 13.1. The van der Waals surface area contributed by atoms with Gasteiger partial charge >= 0.3 is 0 Å². The first-order valence-corrected chi connectivity index (χ1v) is 9.59. The normalized spacial score (nSPS) is 14.8. The van der Waals surface area contributed by atoms with E-state index >= 15 is 0 Å². The maximum Gasteiger partial charge on any atom is 0.257 e. The number of para-hydroxylation sites is 2. The van der Waals surface area contributed by atoms with Gasteiger partial charge in [0, 0.05) is 51.7 Å². The summed E-state index contributed by atoms with van der Waals surface area (Å²) in [6.45, 7) is 5.09. The van der Waals surface area contributed by atoms with E-state index in [0.717, 1.165) is 45.0 Å². The number of carbonyl (C=O) groups excluding carboxylic acids is 1. The van der Waals surface area contributed by atoms with Crippen LogP contribution in [-0.4, -0.2) is 58.0 Å². The molecule has 28 heavy (non-hydrogen) atoms. The van der Waals surface area contributed by atoms with E-state index in [-0.39, 0.29) is 5.91 Å². The van der Waals surface area contributed by atoms with E-state index in [1.807, 2.05) is 72.0 Å². The van der Waals surface area contributed by atoms with Crippen LogP contribution in [0.2, 0.25) is 0 Å². The molecule has 1 saturated heterocycles. The number of hydrogen-bond donors (Lipinski definition) is 0. The summed E-state index contributed by atoms with van der Waals surface area (Å²) in [5.74, 6) is 1.36. The SMILES string of the molecule is O=C(c1ccccc1Oc1ccccc1)N1CCN(CCn2ccnc2)CC1. The minimum atomic E-state index is 0.0285. The van der Waals surface area contributed by atoms with Crippen LogP contribution in [0.1, 0.15) is 10.4 Å². The number of carbonyl (C=O) groups is 1. The van der Waals surface area contributed by atoms with Gasteiger partial charge in [-0.2, -0.15) is 0 Å². The first kappa shape index (κ1) is 18.3. The summed E-state index contributed by atoms with van der Waals surface area (Å²) in [7, 11) is 0. The van der Waals surface area contributed by atoms with Gasteiger partial charge in [0.2, 0.25) is 0 Å². The van der Waals surface area contributed by atoms with Gasteiger partial charge in [-0.1, -0.05) is 30.3 Å². The van der Waals surface area contributed by atoms with Crippen LogP contribution >= 0.6 is 0 Å². The molecule has 6 nitrogen and oxygen atoms in total. The second kappa shape index (κ2) is 8.71. The number of piperazine rings is 1. The lowest BCUT2D eigenvalue weighted by Crippen LogP contribution is -2.49. The van der Waals surface area contributed by atoms with Gasteiger partial charge in [-0.15, -0.1) is 0 Å². The molecular formula is C22H24N4O2. The van der Waals surface area contributed by atoms with Crippen LogP contribution in [0, 0.1) is 0 Å². The Kier molecular flexibility index (Phi) is 5.68. The largest absolute Gasteiger partial charge is 0.457 e. The number of hydrogen-bond acceptors (Lipinski definition) is 4. The van der Waals surface area contributed by atoms with Crippen LogP contribution < -0.4 is 4.74 Å². The lowest BCUT2D eigenvalue weighted by Gasteiger charge is -2.35. The zero-order valence-corrected chi connectivity index (χ0v) is 15.8. The monoisotopic (exact) mass is 376 g/mol. The number of ether oxygens (including phenoxy) is 1. The van der Waals surface area contributed by atoms with E-state index in [1.165, 1.54) is 0 Å². The zero-order valence-electron chi connectivity index (χ0n) is 15.8. The lowest BCUT2D eigenvalue weighted by atomic mass is 10.1. The molecule has 0 N–H and O–H groups in total. The van der Waals surface area contributed by atoms with E-state index in [9.17, 15) is 4.79 Å². The van der Waals surface area contributed by atoms with Crippen LogP contribution in [-0.2, 0) is 6.54 Å². The summed E-state index contributed by atoms with van der Waals surface area (Å²) in [5.41, 5.74) is 0.609. The minimum absolute atomic E-state index is 0.0285.